The summed E-state index contributed by atoms with van der Waals surface area (Å²) in [5, 5.41) is 1.02. The first-order chi connectivity index (χ1) is 13.1. The lowest BCUT2D eigenvalue weighted by Gasteiger charge is -2.31. The average molecular weight is 369 g/mol. The van der Waals surface area contributed by atoms with Crippen molar-refractivity contribution in [2.75, 3.05) is 38.8 Å². The van der Waals surface area contributed by atoms with E-state index in [9.17, 15) is 4.79 Å². The second-order valence-corrected chi connectivity index (χ2v) is 7.70. The lowest BCUT2D eigenvalue weighted by Crippen LogP contribution is -2.45. The van der Waals surface area contributed by atoms with Crippen LogP contribution in [0.25, 0.3) is 11.0 Å². The maximum Gasteiger partial charge on any atom is 0.248 e. The molecule has 0 radical (unpaired) electrons. The van der Waals surface area contributed by atoms with E-state index >= 15 is 0 Å². The van der Waals surface area contributed by atoms with Gasteiger partial charge < -0.3 is 19.5 Å². The zero-order valence-electron chi connectivity index (χ0n) is 16.2. The quantitative estimate of drug-likeness (QED) is 0.791. The summed E-state index contributed by atoms with van der Waals surface area (Å²) in [5.74, 6) is 1.73. The molecule has 2 aromatic rings. The van der Waals surface area contributed by atoms with Crippen molar-refractivity contribution < 1.29 is 9.53 Å². The number of ether oxygens (including phenoxy) is 1. The molecular formula is C20H27N5O2. The van der Waals surface area contributed by atoms with Crippen LogP contribution in [0.15, 0.2) is 30.2 Å². The molecular weight excluding hydrogens is 342 g/mol. The van der Waals surface area contributed by atoms with Crippen LogP contribution in [-0.4, -0.2) is 65.7 Å². The Morgan fingerprint density at radius 1 is 1.44 bits per heavy atom. The number of carbonyl (C=O) groups is 1. The SMILES string of the molecule is COCC(=O)N(C)C1CN(c2ncnc3[nH]ccc23)CC1C(C)C=C1CC1. The third-order valence-electron chi connectivity index (χ3n) is 5.84. The Bertz CT molecular complexity index is 855. The third-order valence-corrected chi connectivity index (χ3v) is 5.84. The molecule has 7 heteroatoms. The molecule has 7 nitrogen and oxygen atoms in total. The molecule has 1 saturated heterocycles. The number of rotatable bonds is 6. The van der Waals surface area contributed by atoms with Gasteiger partial charge in [0, 0.05) is 39.4 Å². The van der Waals surface area contributed by atoms with E-state index < -0.39 is 0 Å². The summed E-state index contributed by atoms with van der Waals surface area (Å²) in [5.41, 5.74) is 2.39. The number of hydrogen-bond donors (Lipinski definition) is 1. The molecule has 2 aromatic heterocycles. The maximum atomic E-state index is 12.5. The van der Waals surface area contributed by atoms with Crippen LogP contribution in [0.3, 0.4) is 0 Å². The molecule has 1 N–H and O–H groups in total. The number of hydrogen-bond acceptors (Lipinski definition) is 5. The van der Waals surface area contributed by atoms with Crippen molar-refractivity contribution in [3.63, 3.8) is 0 Å². The highest BCUT2D eigenvalue weighted by molar-refractivity contribution is 5.87. The van der Waals surface area contributed by atoms with Gasteiger partial charge in [-0.15, -0.1) is 0 Å². The van der Waals surface area contributed by atoms with E-state index in [-0.39, 0.29) is 18.6 Å². The summed E-state index contributed by atoms with van der Waals surface area (Å²) in [6, 6.07) is 2.14. The second-order valence-electron chi connectivity index (χ2n) is 7.70. The second kappa shape index (κ2) is 7.31. The fraction of sp³-hybridized carbons (Fsp3) is 0.550. The molecule has 1 aliphatic heterocycles. The van der Waals surface area contributed by atoms with Gasteiger partial charge in [-0.1, -0.05) is 18.6 Å². The summed E-state index contributed by atoms with van der Waals surface area (Å²) in [4.78, 5) is 28.7. The van der Waals surface area contributed by atoms with E-state index in [4.69, 9.17) is 4.74 Å². The number of allylic oxidation sites excluding steroid dienone is 2. The first kappa shape index (κ1) is 18.0. The Labute approximate surface area is 159 Å². The number of H-pyrrole nitrogens is 1. The van der Waals surface area contributed by atoms with Gasteiger partial charge in [-0.2, -0.15) is 0 Å². The van der Waals surface area contributed by atoms with Crippen LogP contribution in [0, 0.1) is 11.8 Å². The van der Waals surface area contributed by atoms with Gasteiger partial charge in [0.15, 0.2) is 0 Å². The molecule has 2 fully saturated rings. The summed E-state index contributed by atoms with van der Waals surface area (Å²) in [6.07, 6.45) is 8.34. The number of anilines is 1. The Hall–Kier alpha value is -2.41. The molecule has 1 aliphatic carbocycles. The number of likely N-dealkylation sites (N-methyl/N-ethyl adjacent to an activating group) is 1. The fourth-order valence-electron chi connectivity index (χ4n) is 4.17. The van der Waals surface area contributed by atoms with Crippen LogP contribution >= 0.6 is 0 Å². The molecule has 4 rings (SSSR count). The molecule has 27 heavy (non-hydrogen) atoms. The first-order valence-electron chi connectivity index (χ1n) is 9.55. The van der Waals surface area contributed by atoms with Crippen molar-refractivity contribution in [3.8, 4) is 0 Å². The van der Waals surface area contributed by atoms with Gasteiger partial charge in [0.05, 0.1) is 11.4 Å². The van der Waals surface area contributed by atoms with E-state index in [1.54, 1.807) is 19.0 Å². The van der Waals surface area contributed by atoms with Crippen molar-refractivity contribution in [2.24, 2.45) is 11.8 Å². The Morgan fingerprint density at radius 2 is 2.26 bits per heavy atom. The van der Waals surface area contributed by atoms with Crippen LogP contribution in [-0.2, 0) is 9.53 Å². The minimum absolute atomic E-state index is 0.0232. The monoisotopic (exact) mass is 369 g/mol. The summed E-state index contributed by atoms with van der Waals surface area (Å²) >= 11 is 0. The lowest BCUT2D eigenvalue weighted by atomic mass is 9.88. The van der Waals surface area contributed by atoms with Crippen LogP contribution in [0.4, 0.5) is 5.82 Å². The molecule has 0 aromatic carbocycles. The van der Waals surface area contributed by atoms with Gasteiger partial charge in [0.25, 0.3) is 0 Å². The topological polar surface area (TPSA) is 74.3 Å². The van der Waals surface area contributed by atoms with Crippen molar-refractivity contribution in [1.29, 1.82) is 0 Å². The smallest absolute Gasteiger partial charge is 0.248 e. The molecule has 2 aliphatic rings. The van der Waals surface area contributed by atoms with E-state index in [0.717, 1.165) is 29.9 Å². The molecule has 3 atom stereocenters. The van der Waals surface area contributed by atoms with E-state index in [2.05, 4.69) is 32.9 Å². The third kappa shape index (κ3) is 3.56. The predicted molar refractivity (Wildman–Crippen MR) is 105 cm³/mol. The Morgan fingerprint density at radius 3 is 3.00 bits per heavy atom. The van der Waals surface area contributed by atoms with E-state index in [1.807, 2.05) is 24.2 Å². The Kier molecular flexibility index (Phi) is 4.86. The molecule has 144 valence electrons. The number of aromatic nitrogens is 3. The first-order valence-corrected chi connectivity index (χ1v) is 9.55. The highest BCUT2D eigenvalue weighted by atomic mass is 16.5. The van der Waals surface area contributed by atoms with Crippen LogP contribution < -0.4 is 4.90 Å². The average Bonchev–Trinajstić information content (AvgIpc) is 3.18. The highest BCUT2D eigenvalue weighted by Gasteiger charge is 2.40. The lowest BCUT2D eigenvalue weighted by molar-refractivity contribution is -0.136. The number of carbonyl (C=O) groups excluding carboxylic acids is 1. The number of nitrogens with one attached hydrogen (secondary N) is 1. The highest BCUT2D eigenvalue weighted by Crippen LogP contribution is 2.37. The van der Waals surface area contributed by atoms with E-state index in [1.165, 1.54) is 12.8 Å². The summed E-state index contributed by atoms with van der Waals surface area (Å²) < 4.78 is 5.07. The van der Waals surface area contributed by atoms with Gasteiger partial charge in [-0.3, -0.25) is 4.79 Å². The van der Waals surface area contributed by atoms with Gasteiger partial charge in [0.1, 0.15) is 24.4 Å². The van der Waals surface area contributed by atoms with E-state index in [0.29, 0.717) is 11.8 Å². The van der Waals surface area contributed by atoms with Gasteiger partial charge in [-0.25, -0.2) is 9.97 Å². The standard InChI is InChI=1S/C20H27N5O2/c1-13(8-14-4-5-14)16-9-25(10-17(16)24(2)18(26)11-27-3)20-15-6-7-21-19(15)22-12-23-20/h6-8,12-13,16-17H,4-5,9-11H2,1-3H3,(H,21,22,23). The van der Waals surface area contributed by atoms with Crippen LogP contribution in [0.5, 0.6) is 0 Å². The molecule has 3 unspecified atom stereocenters. The van der Waals surface area contributed by atoms with Crippen molar-refractivity contribution in [1.82, 2.24) is 19.9 Å². The molecule has 1 saturated carbocycles. The maximum absolute atomic E-state index is 12.5. The van der Waals surface area contributed by atoms with Crippen molar-refractivity contribution in [3.05, 3.63) is 30.2 Å². The van der Waals surface area contributed by atoms with Gasteiger partial charge in [0.2, 0.25) is 5.91 Å². The summed E-state index contributed by atoms with van der Waals surface area (Å²) in [7, 11) is 3.46. The van der Waals surface area contributed by atoms with Crippen LogP contribution in [0.2, 0.25) is 0 Å². The molecule has 3 heterocycles. The zero-order valence-corrected chi connectivity index (χ0v) is 16.2. The number of amides is 1. The largest absolute Gasteiger partial charge is 0.375 e. The summed E-state index contributed by atoms with van der Waals surface area (Å²) in [6.45, 7) is 4.02. The minimum atomic E-state index is 0.0232. The number of fused-ring (bicyclic) bond motifs is 1. The predicted octanol–water partition coefficient (Wildman–Crippen LogP) is 2.22. The number of nitrogens with zero attached hydrogens (tertiary/aromatic N) is 4. The van der Waals surface area contributed by atoms with Gasteiger partial charge >= 0.3 is 0 Å². The molecule has 0 bridgehead atoms. The van der Waals surface area contributed by atoms with Crippen molar-refractivity contribution in [2.45, 2.75) is 25.8 Å². The Balaban J connectivity index is 1.62. The van der Waals surface area contributed by atoms with Gasteiger partial charge in [-0.05, 0) is 24.8 Å². The fourth-order valence-corrected chi connectivity index (χ4v) is 4.17. The van der Waals surface area contributed by atoms with Crippen molar-refractivity contribution >= 4 is 22.8 Å². The van der Waals surface area contributed by atoms with Crippen LogP contribution in [0.1, 0.15) is 19.8 Å². The normalized spacial score (nSPS) is 22.9. The molecule has 1 amide bonds. The zero-order chi connectivity index (χ0) is 19.0. The molecule has 0 spiro atoms. The number of aromatic amines is 1. The minimum Gasteiger partial charge on any atom is -0.375 e. The number of methoxy groups -OCH3 is 1.